The molecule has 0 amide bonds. The van der Waals surface area contributed by atoms with Gasteiger partial charge in [-0.05, 0) is 51.3 Å². The van der Waals surface area contributed by atoms with Gasteiger partial charge in [0.15, 0.2) is 17.3 Å². The summed E-state index contributed by atoms with van der Waals surface area (Å²) in [7, 11) is 4.04. The summed E-state index contributed by atoms with van der Waals surface area (Å²) in [6.45, 7) is 2.64. The van der Waals surface area contributed by atoms with Gasteiger partial charge in [0.1, 0.15) is 13.2 Å². The summed E-state index contributed by atoms with van der Waals surface area (Å²) >= 11 is 0. The van der Waals surface area contributed by atoms with Crippen LogP contribution in [0.3, 0.4) is 0 Å². The van der Waals surface area contributed by atoms with Crippen LogP contribution in [0.2, 0.25) is 0 Å². The van der Waals surface area contributed by atoms with Crippen LogP contribution >= 0.6 is 0 Å². The monoisotopic (exact) mass is 406 g/mol. The summed E-state index contributed by atoms with van der Waals surface area (Å²) < 4.78 is 14.6. The molecule has 0 saturated carbocycles. The Morgan fingerprint density at radius 2 is 1.97 bits per heavy atom. The lowest BCUT2D eigenvalue weighted by molar-refractivity contribution is 0.171. The second-order valence-electron chi connectivity index (χ2n) is 7.53. The van der Waals surface area contributed by atoms with Crippen molar-refractivity contribution in [1.29, 1.82) is 0 Å². The van der Waals surface area contributed by atoms with Gasteiger partial charge in [-0.1, -0.05) is 0 Å². The minimum atomic E-state index is -0.0722. The van der Waals surface area contributed by atoms with Crippen LogP contribution in [0.15, 0.2) is 41.5 Å². The van der Waals surface area contributed by atoms with Crippen LogP contribution in [-0.2, 0) is 6.54 Å². The molecule has 1 aliphatic rings. The third-order valence-electron chi connectivity index (χ3n) is 5.11. The highest BCUT2D eigenvalue weighted by atomic mass is 16.6. The van der Waals surface area contributed by atoms with E-state index in [0.29, 0.717) is 53.8 Å². The SMILES string of the molecule is CN(C)CCCn1ccc2c(cnc3nc(-c4ccc5c(c4)OCCO5)nn32)c1=O. The summed E-state index contributed by atoms with van der Waals surface area (Å²) in [4.78, 5) is 23.9. The fourth-order valence-electron chi connectivity index (χ4n) is 3.60. The van der Waals surface area contributed by atoms with Crippen LogP contribution < -0.4 is 15.0 Å². The van der Waals surface area contributed by atoms with E-state index < -0.39 is 0 Å². The third-order valence-corrected chi connectivity index (χ3v) is 5.11. The highest BCUT2D eigenvalue weighted by Crippen LogP contribution is 2.33. The largest absolute Gasteiger partial charge is 0.486 e. The van der Waals surface area contributed by atoms with Gasteiger partial charge in [-0.3, -0.25) is 4.79 Å². The van der Waals surface area contributed by atoms with E-state index in [1.54, 1.807) is 15.3 Å². The topological polar surface area (TPSA) is 86.8 Å². The molecule has 154 valence electrons. The van der Waals surface area contributed by atoms with E-state index in [9.17, 15) is 4.79 Å². The maximum absolute atomic E-state index is 12.9. The summed E-state index contributed by atoms with van der Waals surface area (Å²) in [5, 5.41) is 5.13. The Morgan fingerprint density at radius 3 is 2.80 bits per heavy atom. The van der Waals surface area contributed by atoms with Crippen molar-refractivity contribution in [2.75, 3.05) is 33.9 Å². The average Bonchev–Trinajstić information content (AvgIpc) is 3.19. The zero-order valence-corrected chi connectivity index (χ0v) is 16.9. The molecule has 0 atom stereocenters. The van der Waals surface area contributed by atoms with E-state index >= 15 is 0 Å². The van der Waals surface area contributed by atoms with Gasteiger partial charge in [-0.2, -0.15) is 9.50 Å². The Bertz CT molecular complexity index is 1290. The van der Waals surface area contributed by atoms with Crippen molar-refractivity contribution in [2.45, 2.75) is 13.0 Å². The van der Waals surface area contributed by atoms with Crippen molar-refractivity contribution < 1.29 is 9.47 Å². The van der Waals surface area contributed by atoms with Crippen LogP contribution in [0.4, 0.5) is 0 Å². The van der Waals surface area contributed by atoms with Crippen LogP contribution in [0, 0.1) is 0 Å². The lowest BCUT2D eigenvalue weighted by atomic mass is 10.2. The number of fused-ring (bicyclic) bond motifs is 4. The normalized spacial score (nSPS) is 13.4. The molecular weight excluding hydrogens is 384 g/mol. The number of hydrogen-bond donors (Lipinski definition) is 0. The highest BCUT2D eigenvalue weighted by Gasteiger charge is 2.16. The number of aryl methyl sites for hydroxylation is 1. The number of ether oxygens (including phenoxy) is 2. The highest BCUT2D eigenvalue weighted by molar-refractivity contribution is 5.79. The third kappa shape index (κ3) is 3.26. The Balaban J connectivity index is 1.54. The fraction of sp³-hybridized carbons (Fsp3) is 0.333. The molecule has 0 aliphatic carbocycles. The molecule has 9 heteroatoms. The first-order chi connectivity index (χ1) is 14.6. The molecule has 3 aromatic heterocycles. The first-order valence-corrected chi connectivity index (χ1v) is 9.90. The van der Waals surface area contributed by atoms with Gasteiger partial charge in [0.05, 0.1) is 10.9 Å². The number of hydrogen-bond acceptors (Lipinski definition) is 7. The van der Waals surface area contributed by atoms with Crippen LogP contribution in [0.1, 0.15) is 6.42 Å². The number of pyridine rings is 1. The molecule has 1 aliphatic heterocycles. The van der Waals surface area contributed by atoms with Gasteiger partial charge in [0, 0.05) is 24.5 Å². The molecule has 0 radical (unpaired) electrons. The Morgan fingerprint density at radius 1 is 1.13 bits per heavy atom. The second-order valence-corrected chi connectivity index (χ2v) is 7.53. The molecule has 0 saturated heterocycles. The average molecular weight is 406 g/mol. The zero-order chi connectivity index (χ0) is 20.7. The molecule has 9 nitrogen and oxygen atoms in total. The first kappa shape index (κ1) is 18.6. The first-order valence-electron chi connectivity index (χ1n) is 9.90. The lowest BCUT2D eigenvalue weighted by Crippen LogP contribution is -2.23. The molecule has 0 spiro atoms. The van der Waals surface area contributed by atoms with E-state index in [1.807, 2.05) is 44.6 Å². The molecule has 0 unspecified atom stereocenters. The maximum Gasteiger partial charge on any atom is 0.261 e. The zero-order valence-electron chi connectivity index (χ0n) is 16.9. The van der Waals surface area contributed by atoms with Crippen molar-refractivity contribution in [2.24, 2.45) is 0 Å². The minimum absolute atomic E-state index is 0.0722. The standard InChI is InChI=1S/C21H22N6O3/c1-25(2)7-3-8-26-9-6-16-15(20(26)28)13-22-21-23-19(24-27(16)21)14-4-5-17-18(12-14)30-11-10-29-17/h4-6,9,12-13H,3,7-8,10-11H2,1-2H3. The molecular formula is C21H22N6O3. The predicted octanol–water partition coefficient (Wildman–Crippen LogP) is 1.83. The minimum Gasteiger partial charge on any atom is -0.486 e. The van der Waals surface area contributed by atoms with E-state index in [0.717, 1.165) is 18.5 Å². The van der Waals surface area contributed by atoms with E-state index in [-0.39, 0.29) is 5.56 Å². The number of nitrogens with zero attached hydrogens (tertiary/aromatic N) is 6. The molecule has 0 bridgehead atoms. The quantitative estimate of drug-likeness (QED) is 0.500. The lowest BCUT2D eigenvalue weighted by Gasteiger charge is -2.18. The second kappa shape index (κ2) is 7.42. The molecule has 5 rings (SSSR count). The van der Waals surface area contributed by atoms with E-state index in [1.165, 1.54) is 0 Å². The number of benzene rings is 1. The van der Waals surface area contributed by atoms with Crippen molar-refractivity contribution in [3.8, 4) is 22.9 Å². The van der Waals surface area contributed by atoms with Gasteiger partial charge in [-0.25, -0.2) is 4.98 Å². The summed E-state index contributed by atoms with van der Waals surface area (Å²) in [5.41, 5.74) is 1.41. The Hall–Kier alpha value is -3.46. The van der Waals surface area contributed by atoms with Gasteiger partial charge in [0.2, 0.25) is 0 Å². The van der Waals surface area contributed by atoms with Crippen LogP contribution in [0.5, 0.6) is 11.5 Å². The van der Waals surface area contributed by atoms with E-state index in [4.69, 9.17) is 9.47 Å². The molecule has 1 aromatic carbocycles. The number of aromatic nitrogens is 5. The van der Waals surface area contributed by atoms with Gasteiger partial charge in [-0.15, -0.1) is 5.10 Å². The van der Waals surface area contributed by atoms with Crippen molar-refractivity contribution in [1.82, 2.24) is 29.0 Å². The molecule has 4 heterocycles. The summed E-state index contributed by atoms with van der Waals surface area (Å²) in [6.07, 6.45) is 4.29. The van der Waals surface area contributed by atoms with Gasteiger partial charge >= 0.3 is 0 Å². The molecule has 4 aromatic rings. The molecule has 0 N–H and O–H groups in total. The van der Waals surface area contributed by atoms with E-state index in [2.05, 4.69) is 20.0 Å². The van der Waals surface area contributed by atoms with Crippen molar-refractivity contribution in [3.63, 3.8) is 0 Å². The van der Waals surface area contributed by atoms with Crippen molar-refractivity contribution >= 4 is 16.7 Å². The smallest absolute Gasteiger partial charge is 0.261 e. The van der Waals surface area contributed by atoms with Gasteiger partial charge < -0.3 is 18.9 Å². The summed E-state index contributed by atoms with van der Waals surface area (Å²) in [6, 6.07) is 7.50. The van der Waals surface area contributed by atoms with Crippen LogP contribution in [0.25, 0.3) is 28.1 Å². The maximum atomic E-state index is 12.9. The van der Waals surface area contributed by atoms with Crippen LogP contribution in [-0.4, -0.2) is 62.9 Å². The summed E-state index contributed by atoms with van der Waals surface area (Å²) in [5.74, 6) is 2.35. The van der Waals surface area contributed by atoms with Gasteiger partial charge in [0.25, 0.3) is 11.3 Å². The van der Waals surface area contributed by atoms with Crippen molar-refractivity contribution in [3.05, 3.63) is 47.0 Å². The number of rotatable bonds is 5. The predicted molar refractivity (Wildman–Crippen MR) is 112 cm³/mol. The fourth-order valence-corrected chi connectivity index (χ4v) is 3.60. The molecule has 30 heavy (non-hydrogen) atoms. The molecule has 0 fully saturated rings. The Kier molecular flexibility index (Phi) is 4.59. The Labute approximate surface area is 172 Å².